The van der Waals surface area contributed by atoms with Crippen LogP contribution in [0.1, 0.15) is 25.3 Å². The lowest BCUT2D eigenvalue weighted by Crippen LogP contribution is -2.60. The predicted molar refractivity (Wildman–Crippen MR) is 134 cm³/mol. The van der Waals surface area contributed by atoms with Crippen molar-refractivity contribution in [3.8, 4) is 0 Å². The van der Waals surface area contributed by atoms with Crippen LogP contribution in [0.5, 0.6) is 0 Å². The van der Waals surface area contributed by atoms with Crippen molar-refractivity contribution < 1.29 is 34.1 Å². The number of hydrogen-bond acceptors (Lipinski definition) is 6. The van der Waals surface area contributed by atoms with Gasteiger partial charge in [0.15, 0.2) is 0 Å². The predicted octanol–water partition coefficient (Wildman–Crippen LogP) is 3.01. The molecule has 2 saturated heterocycles. The minimum atomic E-state index is -1.26. The third kappa shape index (κ3) is 9.67. The molecule has 1 unspecified atom stereocenters. The van der Waals surface area contributed by atoms with Crippen LogP contribution in [-0.2, 0) is 25.5 Å². The number of piperazine rings is 1. The average molecular weight is 544 g/mol. The highest BCUT2D eigenvalue weighted by Crippen LogP contribution is 2.24. The van der Waals surface area contributed by atoms with Crippen LogP contribution in [0.3, 0.4) is 0 Å². The minimum Gasteiger partial charge on any atom is -0.478 e. The van der Waals surface area contributed by atoms with E-state index in [2.05, 4.69) is 4.90 Å². The summed E-state index contributed by atoms with van der Waals surface area (Å²) >= 11 is 12.1. The minimum absolute atomic E-state index is 0.0356. The molecule has 2 aliphatic rings. The Labute approximate surface area is 220 Å². The number of rotatable bonds is 7. The van der Waals surface area contributed by atoms with E-state index in [1.54, 1.807) is 24.0 Å². The van der Waals surface area contributed by atoms with E-state index in [4.69, 9.17) is 38.2 Å². The largest absolute Gasteiger partial charge is 0.478 e. The summed E-state index contributed by atoms with van der Waals surface area (Å²) in [5, 5.41) is 16.6. The van der Waals surface area contributed by atoms with Gasteiger partial charge in [-0.05, 0) is 50.6 Å². The third-order valence-corrected chi connectivity index (χ3v) is 6.44. The van der Waals surface area contributed by atoms with Crippen LogP contribution in [0.2, 0.25) is 10.0 Å². The van der Waals surface area contributed by atoms with Crippen molar-refractivity contribution in [2.24, 2.45) is 0 Å². The summed E-state index contributed by atoms with van der Waals surface area (Å²) < 4.78 is 5.16. The van der Waals surface area contributed by atoms with Gasteiger partial charge in [0.05, 0.1) is 29.1 Å². The van der Waals surface area contributed by atoms with Crippen LogP contribution < -0.4 is 0 Å². The molecule has 1 atom stereocenters. The zero-order chi connectivity index (χ0) is 26.7. The summed E-state index contributed by atoms with van der Waals surface area (Å²) in [6, 6.07) is 5.25. The van der Waals surface area contributed by atoms with Crippen molar-refractivity contribution >= 4 is 47.1 Å². The van der Waals surface area contributed by atoms with Gasteiger partial charge in [-0.25, -0.2) is 14.4 Å². The number of benzene rings is 1. The van der Waals surface area contributed by atoms with Crippen LogP contribution in [0.4, 0.5) is 4.79 Å². The van der Waals surface area contributed by atoms with Gasteiger partial charge >= 0.3 is 18.0 Å². The summed E-state index contributed by atoms with van der Waals surface area (Å²) in [7, 11) is 0. The van der Waals surface area contributed by atoms with E-state index in [1.807, 2.05) is 11.0 Å². The van der Waals surface area contributed by atoms with Crippen LogP contribution >= 0.6 is 23.2 Å². The van der Waals surface area contributed by atoms with Gasteiger partial charge in [0.1, 0.15) is 0 Å². The highest BCUT2D eigenvalue weighted by atomic mass is 35.5. The van der Waals surface area contributed by atoms with Gasteiger partial charge in [0.2, 0.25) is 5.91 Å². The summed E-state index contributed by atoms with van der Waals surface area (Å²) in [4.78, 5) is 50.3. The number of carboxylic acid groups (broad SMARTS) is 2. The molecule has 0 aliphatic carbocycles. The smallest absolute Gasteiger partial charge is 0.409 e. The van der Waals surface area contributed by atoms with Gasteiger partial charge in [-0.2, -0.15) is 0 Å². The lowest BCUT2D eigenvalue weighted by atomic mass is 10.1. The molecule has 1 aromatic carbocycles. The topological polar surface area (TPSA) is 128 Å². The van der Waals surface area contributed by atoms with Crippen LogP contribution in [-0.4, -0.2) is 101 Å². The monoisotopic (exact) mass is 543 g/mol. The number of hydrogen-bond donors (Lipinski definition) is 2. The highest BCUT2D eigenvalue weighted by molar-refractivity contribution is 6.42. The van der Waals surface area contributed by atoms with Crippen molar-refractivity contribution in [3.63, 3.8) is 0 Å². The molecule has 12 heteroatoms. The maximum Gasteiger partial charge on any atom is 0.409 e. The van der Waals surface area contributed by atoms with E-state index in [0.29, 0.717) is 48.4 Å². The van der Waals surface area contributed by atoms with Crippen molar-refractivity contribution in [3.05, 3.63) is 46.0 Å². The van der Waals surface area contributed by atoms with Gasteiger partial charge in [-0.3, -0.25) is 4.79 Å². The van der Waals surface area contributed by atoms with Gasteiger partial charge in [-0.1, -0.05) is 29.3 Å². The first-order valence-corrected chi connectivity index (χ1v) is 12.4. The Morgan fingerprint density at radius 3 is 2.19 bits per heavy atom. The summed E-state index contributed by atoms with van der Waals surface area (Å²) in [6.45, 7) is 6.53. The normalized spacial score (nSPS) is 18.0. The third-order valence-electron chi connectivity index (χ3n) is 5.70. The molecule has 0 spiro atoms. The van der Waals surface area contributed by atoms with Gasteiger partial charge in [0.25, 0.3) is 0 Å². The molecule has 198 valence electrons. The van der Waals surface area contributed by atoms with Crippen molar-refractivity contribution in [2.45, 2.75) is 32.2 Å². The molecule has 3 rings (SSSR count). The summed E-state index contributed by atoms with van der Waals surface area (Å²) in [6.07, 6.45) is 3.46. The number of nitrogens with zero attached hydrogens (tertiary/aromatic N) is 3. The van der Waals surface area contributed by atoms with Crippen LogP contribution in [0.25, 0.3) is 0 Å². The maximum absolute atomic E-state index is 13.0. The number of aliphatic carboxylic acids is 2. The molecule has 2 fully saturated rings. The highest BCUT2D eigenvalue weighted by Gasteiger charge is 2.34. The SMILES string of the molecule is CCOC(=O)N1CCN(C(=O)Cc2ccc(Cl)c(Cl)c2)C(CN2CCCC2)C1.O=C(O)C=CC(=O)O. The second kappa shape index (κ2) is 14.7. The fourth-order valence-electron chi connectivity index (χ4n) is 4.05. The Bertz CT molecular complexity index is 951. The van der Waals surface area contributed by atoms with Crippen LogP contribution in [0, 0.1) is 0 Å². The van der Waals surface area contributed by atoms with Gasteiger partial charge in [0, 0.05) is 38.3 Å². The van der Waals surface area contributed by atoms with E-state index in [-0.39, 0.29) is 24.5 Å². The average Bonchev–Trinajstić information content (AvgIpc) is 3.33. The number of ether oxygens (including phenoxy) is 1. The number of halogens is 2. The molecule has 2 N–H and O–H groups in total. The Kier molecular flexibility index (Phi) is 12.0. The lowest BCUT2D eigenvalue weighted by Gasteiger charge is -2.42. The zero-order valence-corrected chi connectivity index (χ0v) is 21.6. The fourth-order valence-corrected chi connectivity index (χ4v) is 4.37. The van der Waals surface area contributed by atoms with E-state index in [9.17, 15) is 19.2 Å². The molecule has 2 amide bonds. The lowest BCUT2D eigenvalue weighted by molar-refractivity contribution is -0.135. The number of carbonyl (C=O) groups excluding carboxylic acids is 2. The van der Waals surface area contributed by atoms with Crippen molar-refractivity contribution in [1.29, 1.82) is 0 Å². The fraction of sp³-hybridized carbons (Fsp3) is 0.500. The molecule has 36 heavy (non-hydrogen) atoms. The molecule has 0 radical (unpaired) electrons. The Morgan fingerprint density at radius 2 is 1.64 bits per heavy atom. The molecular weight excluding hydrogens is 513 g/mol. The van der Waals surface area contributed by atoms with E-state index in [0.717, 1.165) is 25.2 Å². The quantitative estimate of drug-likeness (QED) is 0.502. The standard InChI is InChI=1S/C20H27Cl2N3O3.C4H4O4/c1-2-28-20(27)24-9-10-25(16(14-24)13-23-7-3-4-8-23)19(26)12-15-5-6-17(21)18(22)11-15;5-3(6)1-2-4(7)8/h5-6,11,16H,2-4,7-10,12-14H2,1H3;1-2H,(H,5,6)(H,7,8). The van der Waals surface area contributed by atoms with Gasteiger partial charge in [-0.15, -0.1) is 0 Å². The van der Waals surface area contributed by atoms with Crippen molar-refractivity contribution in [1.82, 2.24) is 14.7 Å². The Morgan fingerprint density at radius 1 is 1.00 bits per heavy atom. The summed E-state index contributed by atoms with van der Waals surface area (Å²) in [5.74, 6) is -2.47. The molecule has 0 bridgehead atoms. The molecule has 0 aromatic heterocycles. The maximum atomic E-state index is 13.0. The first kappa shape index (κ1) is 29.4. The summed E-state index contributed by atoms with van der Waals surface area (Å²) in [5.41, 5.74) is 0.840. The second-order valence-corrected chi connectivity index (χ2v) is 9.14. The zero-order valence-electron chi connectivity index (χ0n) is 20.1. The van der Waals surface area contributed by atoms with Crippen molar-refractivity contribution in [2.75, 3.05) is 45.9 Å². The van der Waals surface area contributed by atoms with Crippen LogP contribution in [0.15, 0.2) is 30.4 Å². The second-order valence-electron chi connectivity index (χ2n) is 8.33. The molecule has 2 heterocycles. The Hall–Kier alpha value is -2.82. The number of carboxylic acids is 2. The first-order valence-electron chi connectivity index (χ1n) is 11.6. The first-order chi connectivity index (χ1) is 17.1. The molecule has 0 saturated carbocycles. The number of carbonyl (C=O) groups is 4. The van der Waals surface area contributed by atoms with E-state index < -0.39 is 11.9 Å². The molecule has 1 aromatic rings. The number of likely N-dealkylation sites (tertiary alicyclic amines) is 1. The van der Waals surface area contributed by atoms with E-state index >= 15 is 0 Å². The number of amides is 2. The Balaban J connectivity index is 0.000000493. The van der Waals surface area contributed by atoms with Gasteiger partial charge < -0.3 is 29.6 Å². The molecule has 2 aliphatic heterocycles. The molecular formula is C24H31Cl2N3O7. The van der Waals surface area contributed by atoms with E-state index in [1.165, 1.54) is 12.8 Å². The molecule has 10 nitrogen and oxygen atoms in total.